The van der Waals surface area contributed by atoms with Gasteiger partial charge < -0.3 is 20.3 Å². The number of carbonyl (C=O) groups is 2. The maximum atomic E-state index is 10.7. The molecule has 6 heteroatoms. The van der Waals surface area contributed by atoms with Crippen molar-refractivity contribution in [2.45, 2.75) is 18.9 Å². The van der Waals surface area contributed by atoms with Gasteiger partial charge in [0.1, 0.15) is 6.04 Å². The van der Waals surface area contributed by atoms with Crippen LogP contribution in [-0.2, 0) is 14.3 Å². The van der Waals surface area contributed by atoms with Gasteiger partial charge in [-0.05, 0) is 6.42 Å². The van der Waals surface area contributed by atoms with Crippen molar-refractivity contribution >= 4 is 11.9 Å². The van der Waals surface area contributed by atoms with Gasteiger partial charge in [-0.1, -0.05) is 0 Å². The number of aliphatic carboxylic acids is 1. The van der Waals surface area contributed by atoms with Crippen LogP contribution in [0.3, 0.4) is 0 Å². The van der Waals surface area contributed by atoms with Crippen LogP contribution in [0.25, 0.3) is 0 Å². The van der Waals surface area contributed by atoms with E-state index in [-0.39, 0.29) is 26.0 Å². The smallest absolute Gasteiger partial charge is 0.320 e. The molecular formula is C8H15NO5. The molecule has 0 saturated heterocycles. The first-order valence-electron chi connectivity index (χ1n) is 4.25. The summed E-state index contributed by atoms with van der Waals surface area (Å²) in [6, 6.07) is -0.815. The van der Waals surface area contributed by atoms with E-state index in [9.17, 15) is 9.59 Å². The molecule has 0 bridgehead atoms. The van der Waals surface area contributed by atoms with E-state index < -0.39 is 18.0 Å². The van der Waals surface area contributed by atoms with Gasteiger partial charge in [0.25, 0.3) is 0 Å². The van der Waals surface area contributed by atoms with Crippen molar-refractivity contribution in [3.63, 3.8) is 0 Å². The molecule has 0 amide bonds. The summed E-state index contributed by atoms with van der Waals surface area (Å²) in [4.78, 5) is 21.2. The highest BCUT2D eigenvalue weighted by molar-refractivity contribution is 5.73. The topological polar surface area (TPSA) is 95.9 Å². The molecule has 0 heterocycles. The predicted octanol–water partition coefficient (Wildman–Crippen LogP) is -1.03. The average Bonchev–Trinajstić information content (AvgIpc) is 2.16. The third-order valence-corrected chi connectivity index (χ3v) is 1.66. The molecule has 3 N–H and O–H groups in total. The number of carbonyl (C=O) groups excluding carboxylic acids is 1. The van der Waals surface area contributed by atoms with Crippen LogP contribution in [0.2, 0.25) is 0 Å². The van der Waals surface area contributed by atoms with E-state index in [4.69, 9.17) is 10.2 Å². The molecular weight excluding hydrogens is 190 g/mol. The van der Waals surface area contributed by atoms with Gasteiger partial charge in [-0.3, -0.25) is 9.59 Å². The van der Waals surface area contributed by atoms with Crippen molar-refractivity contribution in [2.75, 3.05) is 20.3 Å². The van der Waals surface area contributed by atoms with Crippen molar-refractivity contribution < 1.29 is 24.5 Å². The summed E-state index contributed by atoms with van der Waals surface area (Å²) in [7, 11) is 1.27. The van der Waals surface area contributed by atoms with Crippen LogP contribution in [0.5, 0.6) is 0 Å². The summed E-state index contributed by atoms with van der Waals surface area (Å²) in [5.41, 5.74) is 0. The number of rotatable bonds is 7. The maximum Gasteiger partial charge on any atom is 0.320 e. The largest absolute Gasteiger partial charge is 0.480 e. The zero-order valence-electron chi connectivity index (χ0n) is 8.02. The standard InChI is InChI=1S/C8H15NO5/c1-14-7(11)2-4-9-6(3-5-10)8(12)13/h6,9-10H,2-5H2,1H3,(H,12,13). The molecule has 6 nitrogen and oxygen atoms in total. The summed E-state index contributed by atoms with van der Waals surface area (Å²) in [6.07, 6.45) is 0.238. The number of hydrogen-bond donors (Lipinski definition) is 3. The Morgan fingerprint density at radius 1 is 1.50 bits per heavy atom. The van der Waals surface area contributed by atoms with Crippen molar-refractivity contribution in [1.82, 2.24) is 5.32 Å². The number of hydrogen-bond acceptors (Lipinski definition) is 5. The van der Waals surface area contributed by atoms with Gasteiger partial charge in [-0.25, -0.2) is 0 Å². The molecule has 0 aliphatic heterocycles. The van der Waals surface area contributed by atoms with E-state index in [0.29, 0.717) is 0 Å². The monoisotopic (exact) mass is 205 g/mol. The van der Waals surface area contributed by atoms with Gasteiger partial charge in [-0.15, -0.1) is 0 Å². The number of ether oxygens (including phenoxy) is 1. The van der Waals surface area contributed by atoms with E-state index in [1.54, 1.807) is 0 Å². The number of esters is 1. The second kappa shape index (κ2) is 7.28. The SMILES string of the molecule is COC(=O)CCNC(CCO)C(=O)O. The summed E-state index contributed by atoms with van der Waals surface area (Å²) in [5.74, 6) is -1.44. The van der Waals surface area contributed by atoms with Crippen LogP contribution in [0, 0.1) is 0 Å². The van der Waals surface area contributed by atoms with Crippen LogP contribution in [0.4, 0.5) is 0 Å². The highest BCUT2D eigenvalue weighted by Crippen LogP contribution is 1.92. The molecule has 0 aromatic carbocycles. The molecule has 0 aliphatic rings. The normalized spacial score (nSPS) is 12.1. The fourth-order valence-electron chi connectivity index (χ4n) is 0.892. The van der Waals surface area contributed by atoms with E-state index in [1.807, 2.05) is 0 Å². The zero-order valence-corrected chi connectivity index (χ0v) is 8.02. The summed E-state index contributed by atoms with van der Waals surface area (Å²) >= 11 is 0. The Labute approximate surface area is 81.9 Å². The van der Waals surface area contributed by atoms with Crippen molar-refractivity contribution in [1.29, 1.82) is 0 Å². The van der Waals surface area contributed by atoms with Crippen LogP contribution in [-0.4, -0.2) is 48.5 Å². The van der Waals surface area contributed by atoms with Gasteiger partial charge in [0, 0.05) is 13.2 Å². The number of carboxylic acids is 1. The Kier molecular flexibility index (Phi) is 6.69. The average molecular weight is 205 g/mol. The van der Waals surface area contributed by atoms with Gasteiger partial charge in [-0.2, -0.15) is 0 Å². The van der Waals surface area contributed by atoms with Crippen LogP contribution < -0.4 is 5.32 Å². The molecule has 82 valence electrons. The van der Waals surface area contributed by atoms with Gasteiger partial charge >= 0.3 is 11.9 Å². The quantitative estimate of drug-likeness (QED) is 0.460. The van der Waals surface area contributed by atoms with Crippen LogP contribution in [0.1, 0.15) is 12.8 Å². The lowest BCUT2D eigenvalue weighted by Gasteiger charge is -2.11. The predicted molar refractivity (Wildman–Crippen MR) is 47.8 cm³/mol. The van der Waals surface area contributed by atoms with E-state index in [2.05, 4.69) is 10.1 Å². The highest BCUT2D eigenvalue weighted by Gasteiger charge is 2.15. The number of aliphatic hydroxyl groups is 1. The molecule has 1 unspecified atom stereocenters. The lowest BCUT2D eigenvalue weighted by Crippen LogP contribution is -2.38. The molecule has 14 heavy (non-hydrogen) atoms. The van der Waals surface area contributed by atoms with E-state index >= 15 is 0 Å². The van der Waals surface area contributed by atoms with Gasteiger partial charge in [0.05, 0.1) is 13.5 Å². The third-order valence-electron chi connectivity index (χ3n) is 1.66. The minimum atomic E-state index is -1.04. The Bertz CT molecular complexity index is 194. The number of carboxylic acid groups (broad SMARTS) is 1. The molecule has 1 atom stereocenters. The molecule has 0 aromatic heterocycles. The van der Waals surface area contributed by atoms with Crippen LogP contribution >= 0.6 is 0 Å². The summed E-state index contributed by atoms with van der Waals surface area (Å²) in [5, 5.41) is 19.8. The molecule has 0 spiro atoms. The number of methoxy groups -OCH3 is 1. The Morgan fingerprint density at radius 3 is 2.57 bits per heavy atom. The summed E-state index contributed by atoms with van der Waals surface area (Å²) < 4.78 is 4.38. The maximum absolute atomic E-state index is 10.7. The second-order valence-electron chi connectivity index (χ2n) is 2.68. The lowest BCUT2D eigenvalue weighted by atomic mass is 10.2. The van der Waals surface area contributed by atoms with Gasteiger partial charge in [0.2, 0.25) is 0 Å². The molecule has 0 saturated carbocycles. The van der Waals surface area contributed by atoms with Gasteiger partial charge in [0.15, 0.2) is 0 Å². The molecule has 0 fully saturated rings. The van der Waals surface area contributed by atoms with Crippen LogP contribution in [0.15, 0.2) is 0 Å². The Balaban J connectivity index is 3.71. The molecule has 0 rings (SSSR count). The number of aliphatic hydroxyl groups excluding tert-OH is 1. The summed E-state index contributed by atoms with van der Waals surface area (Å²) in [6.45, 7) is 0.0197. The molecule has 0 radical (unpaired) electrons. The van der Waals surface area contributed by atoms with E-state index in [0.717, 1.165) is 0 Å². The van der Waals surface area contributed by atoms with Crippen molar-refractivity contribution in [3.8, 4) is 0 Å². The molecule has 0 aliphatic carbocycles. The fourth-order valence-corrected chi connectivity index (χ4v) is 0.892. The fraction of sp³-hybridized carbons (Fsp3) is 0.750. The van der Waals surface area contributed by atoms with Crippen molar-refractivity contribution in [3.05, 3.63) is 0 Å². The third kappa shape index (κ3) is 5.50. The second-order valence-corrected chi connectivity index (χ2v) is 2.68. The van der Waals surface area contributed by atoms with Crippen molar-refractivity contribution in [2.24, 2.45) is 0 Å². The minimum Gasteiger partial charge on any atom is -0.480 e. The minimum absolute atomic E-state index is 0.117. The lowest BCUT2D eigenvalue weighted by molar-refractivity contribution is -0.142. The number of nitrogens with one attached hydrogen (secondary N) is 1. The van der Waals surface area contributed by atoms with E-state index in [1.165, 1.54) is 7.11 Å². The Hall–Kier alpha value is -1.14. The first-order chi connectivity index (χ1) is 6.61. The molecule has 0 aromatic rings. The highest BCUT2D eigenvalue weighted by atomic mass is 16.5. The Morgan fingerprint density at radius 2 is 2.14 bits per heavy atom. The first kappa shape index (κ1) is 12.9. The zero-order chi connectivity index (χ0) is 11.0. The first-order valence-corrected chi connectivity index (χ1v) is 4.25.